The number of aldehydes is 1. The molecule has 0 aromatic rings. The van der Waals surface area contributed by atoms with E-state index < -0.39 is 6.10 Å². The molecule has 2 heteroatoms. The Morgan fingerprint density at radius 1 is 1.57 bits per heavy atom. The van der Waals surface area contributed by atoms with Gasteiger partial charge in [-0.05, 0) is 5.92 Å². The third-order valence-corrected chi connectivity index (χ3v) is 0.822. The van der Waals surface area contributed by atoms with E-state index in [4.69, 9.17) is 5.11 Å². The Morgan fingerprint density at radius 2 is 2.00 bits per heavy atom. The van der Waals surface area contributed by atoms with E-state index >= 15 is 0 Å². The van der Waals surface area contributed by atoms with Crippen molar-refractivity contribution in [2.24, 2.45) is 5.92 Å². The molecule has 0 heterocycles. The van der Waals surface area contributed by atoms with Gasteiger partial charge in [0.15, 0.2) is 0 Å². The smallest absolute Gasteiger partial charge is 0.148 e. The van der Waals surface area contributed by atoms with Gasteiger partial charge in [-0.15, -0.1) is 0 Å². The van der Waals surface area contributed by atoms with E-state index in [0.717, 1.165) is 0 Å². The van der Waals surface area contributed by atoms with E-state index in [0.29, 0.717) is 6.29 Å². The van der Waals surface area contributed by atoms with Gasteiger partial charge >= 0.3 is 0 Å². The van der Waals surface area contributed by atoms with Crippen molar-refractivity contribution in [1.82, 2.24) is 0 Å². The third kappa shape index (κ3) is 2.34. The van der Waals surface area contributed by atoms with Crippen LogP contribution in [0.3, 0.4) is 0 Å². The van der Waals surface area contributed by atoms with Crippen LogP contribution in [-0.2, 0) is 4.79 Å². The first kappa shape index (κ1) is 6.63. The van der Waals surface area contributed by atoms with Crippen molar-refractivity contribution < 1.29 is 9.90 Å². The second-order valence-corrected chi connectivity index (χ2v) is 1.87. The third-order valence-electron chi connectivity index (χ3n) is 0.822. The summed E-state index contributed by atoms with van der Waals surface area (Å²) >= 11 is 0. The SMILES string of the molecule is CC(C)[C@@H](O)C=O. The number of aliphatic hydroxyl groups excluding tert-OH is 1. The summed E-state index contributed by atoms with van der Waals surface area (Å²) in [5.41, 5.74) is 0. The fourth-order valence-corrected chi connectivity index (χ4v) is 0.157. The van der Waals surface area contributed by atoms with Crippen molar-refractivity contribution in [1.29, 1.82) is 0 Å². The Balaban J connectivity index is 3.33. The second kappa shape index (κ2) is 2.75. The molecule has 0 unspecified atom stereocenters. The topological polar surface area (TPSA) is 37.3 Å². The van der Waals surface area contributed by atoms with E-state index in [1.54, 1.807) is 13.8 Å². The molecule has 0 spiro atoms. The molecule has 42 valence electrons. The van der Waals surface area contributed by atoms with Gasteiger partial charge in [0.25, 0.3) is 0 Å². The maximum Gasteiger partial charge on any atom is 0.148 e. The van der Waals surface area contributed by atoms with Crippen LogP contribution in [0.1, 0.15) is 13.8 Å². The summed E-state index contributed by atoms with van der Waals surface area (Å²) < 4.78 is 0. The standard InChI is InChI=1S/C5H10O2/c1-4(2)5(7)3-6/h3-5,7H,1-2H3/t5-/m0/s1. The van der Waals surface area contributed by atoms with E-state index in [-0.39, 0.29) is 5.92 Å². The molecule has 0 aromatic carbocycles. The van der Waals surface area contributed by atoms with E-state index in [1.807, 2.05) is 0 Å². The maximum absolute atomic E-state index is 9.70. The lowest BCUT2D eigenvalue weighted by Gasteiger charge is -2.03. The molecule has 1 atom stereocenters. The number of hydrogen-bond donors (Lipinski definition) is 1. The fraction of sp³-hybridized carbons (Fsp3) is 0.800. The zero-order chi connectivity index (χ0) is 5.86. The van der Waals surface area contributed by atoms with Crippen LogP contribution in [0.5, 0.6) is 0 Å². The van der Waals surface area contributed by atoms with Gasteiger partial charge in [-0.1, -0.05) is 13.8 Å². The summed E-state index contributed by atoms with van der Waals surface area (Å²) in [6, 6.07) is 0. The lowest BCUT2D eigenvalue weighted by atomic mass is 10.1. The van der Waals surface area contributed by atoms with Crippen LogP contribution in [0, 0.1) is 5.92 Å². The van der Waals surface area contributed by atoms with Crippen LogP contribution in [0.2, 0.25) is 0 Å². The van der Waals surface area contributed by atoms with Gasteiger partial charge in [0, 0.05) is 0 Å². The summed E-state index contributed by atoms with van der Waals surface area (Å²) in [6.45, 7) is 3.58. The predicted molar refractivity (Wildman–Crippen MR) is 26.9 cm³/mol. The van der Waals surface area contributed by atoms with Gasteiger partial charge in [-0.3, -0.25) is 0 Å². The van der Waals surface area contributed by atoms with Gasteiger partial charge in [0.1, 0.15) is 12.4 Å². The number of carbonyl (C=O) groups is 1. The molecule has 0 aromatic heterocycles. The lowest BCUT2D eigenvalue weighted by Crippen LogP contribution is -2.15. The van der Waals surface area contributed by atoms with Crippen LogP contribution in [0.4, 0.5) is 0 Å². The molecule has 7 heavy (non-hydrogen) atoms. The first-order valence-corrected chi connectivity index (χ1v) is 2.32. The van der Waals surface area contributed by atoms with E-state index in [2.05, 4.69) is 0 Å². The number of carbonyl (C=O) groups excluding carboxylic acids is 1. The van der Waals surface area contributed by atoms with Crippen LogP contribution in [-0.4, -0.2) is 17.5 Å². The minimum atomic E-state index is -0.778. The Morgan fingerprint density at radius 3 is 2.00 bits per heavy atom. The van der Waals surface area contributed by atoms with Crippen molar-refractivity contribution in [3.05, 3.63) is 0 Å². The summed E-state index contributed by atoms with van der Waals surface area (Å²) in [4.78, 5) is 9.70. The normalized spacial score (nSPS) is 14.3. The molecular formula is C5H10O2. The van der Waals surface area contributed by atoms with Gasteiger partial charge in [-0.2, -0.15) is 0 Å². The first-order valence-electron chi connectivity index (χ1n) is 2.32. The second-order valence-electron chi connectivity index (χ2n) is 1.87. The molecule has 0 aliphatic rings. The van der Waals surface area contributed by atoms with E-state index in [9.17, 15) is 4.79 Å². The predicted octanol–water partition coefficient (Wildman–Crippen LogP) is 0.202. The minimum absolute atomic E-state index is 0.0532. The Labute approximate surface area is 43.2 Å². The molecule has 0 saturated heterocycles. The largest absolute Gasteiger partial charge is 0.385 e. The van der Waals surface area contributed by atoms with Crippen LogP contribution in [0.25, 0.3) is 0 Å². The molecule has 1 N–H and O–H groups in total. The average Bonchev–Trinajstić information content (AvgIpc) is 1.65. The molecule has 0 fully saturated rings. The summed E-state index contributed by atoms with van der Waals surface area (Å²) in [5, 5.41) is 8.57. The molecule has 0 aliphatic carbocycles. The highest BCUT2D eigenvalue weighted by Gasteiger charge is 2.04. The number of hydrogen-bond acceptors (Lipinski definition) is 2. The summed E-state index contributed by atoms with van der Waals surface area (Å²) in [7, 11) is 0. The van der Waals surface area contributed by atoms with Gasteiger partial charge in [0.2, 0.25) is 0 Å². The van der Waals surface area contributed by atoms with Crippen molar-refractivity contribution in [2.45, 2.75) is 20.0 Å². The van der Waals surface area contributed by atoms with Crippen molar-refractivity contribution in [2.75, 3.05) is 0 Å². The fourth-order valence-electron chi connectivity index (χ4n) is 0.157. The Kier molecular flexibility index (Phi) is 2.60. The molecule has 0 saturated carbocycles. The van der Waals surface area contributed by atoms with E-state index in [1.165, 1.54) is 0 Å². The molecule has 0 radical (unpaired) electrons. The van der Waals surface area contributed by atoms with Crippen LogP contribution >= 0.6 is 0 Å². The Hall–Kier alpha value is -0.370. The lowest BCUT2D eigenvalue weighted by molar-refractivity contribution is -0.116. The molecular weight excluding hydrogens is 92.1 g/mol. The highest BCUT2D eigenvalue weighted by Crippen LogP contribution is 1.95. The van der Waals surface area contributed by atoms with Gasteiger partial charge in [-0.25, -0.2) is 0 Å². The minimum Gasteiger partial charge on any atom is -0.385 e. The highest BCUT2D eigenvalue weighted by atomic mass is 16.3. The van der Waals surface area contributed by atoms with Crippen LogP contribution in [0.15, 0.2) is 0 Å². The summed E-state index contributed by atoms with van der Waals surface area (Å²) in [5.74, 6) is 0.0532. The van der Waals surface area contributed by atoms with Crippen LogP contribution < -0.4 is 0 Å². The highest BCUT2D eigenvalue weighted by molar-refractivity contribution is 5.55. The number of aliphatic hydroxyl groups is 1. The van der Waals surface area contributed by atoms with Gasteiger partial charge in [0.05, 0.1) is 0 Å². The maximum atomic E-state index is 9.70. The van der Waals surface area contributed by atoms with Crippen molar-refractivity contribution in [3.63, 3.8) is 0 Å². The molecule has 0 bridgehead atoms. The van der Waals surface area contributed by atoms with Crippen molar-refractivity contribution >= 4 is 6.29 Å². The molecule has 0 amide bonds. The summed E-state index contributed by atoms with van der Waals surface area (Å²) in [6.07, 6.45) is -0.231. The van der Waals surface area contributed by atoms with Crippen molar-refractivity contribution in [3.8, 4) is 0 Å². The average molecular weight is 102 g/mol. The Bertz CT molecular complexity index is 59.1. The monoisotopic (exact) mass is 102 g/mol. The zero-order valence-electron chi connectivity index (χ0n) is 4.59. The molecule has 0 rings (SSSR count). The molecule has 2 nitrogen and oxygen atoms in total. The zero-order valence-corrected chi connectivity index (χ0v) is 4.59. The molecule has 0 aliphatic heterocycles. The first-order chi connectivity index (χ1) is 3.18. The van der Waals surface area contributed by atoms with Gasteiger partial charge < -0.3 is 9.90 Å². The number of rotatable bonds is 2. The quantitative estimate of drug-likeness (QED) is 0.506.